The van der Waals surface area contributed by atoms with Crippen LogP contribution in [0.4, 0.5) is 4.39 Å². The Labute approximate surface area is 115 Å². The average molecular weight is 278 g/mol. The SMILES string of the molecule is COCCCNC(=O)c1cc(-c2ccc(F)cc2)on1. The molecule has 0 spiro atoms. The molecule has 0 aliphatic heterocycles. The molecular formula is C14H15FN2O3. The molecule has 106 valence electrons. The molecule has 0 unspecified atom stereocenters. The van der Waals surface area contributed by atoms with Gasteiger partial charge in [0.2, 0.25) is 0 Å². The first-order valence-electron chi connectivity index (χ1n) is 6.20. The maximum atomic E-state index is 12.8. The maximum absolute atomic E-state index is 12.8. The summed E-state index contributed by atoms with van der Waals surface area (Å²) in [6, 6.07) is 7.30. The number of nitrogens with one attached hydrogen (secondary N) is 1. The van der Waals surface area contributed by atoms with Gasteiger partial charge in [0.05, 0.1) is 0 Å². The summed E-state index contributed by atoms with van der Waals surface area (Å²) in [5.41, 5.74) is 0.860. The quantitative estimate of drug-likeness (QED) is 0.823. The Kier molecular flexibility index (Phi) is 4.84. The van der Waals surface area contributed by atoms with E-state index in [1.807, 2.05) is 0 Å². The third-order valence-corrected chi connectivity index (χ3v) is 2.68. The molecule has 1 aromatic heterocycles. The Morgan fingerprint density at radius 3 is 2.85 bits per heavy atom. The molecule has 0 fully saturated rings. The fourth-order valence-corrected chi connectivity index (χ4v) is 1.64. The van der Waals surface area contributed by atoms with Crippen LogP contribution in [0.25, 0.3) is 11.3 Å². The molecule has 0 atom stereocenters. The molecule has 0 aliphatic rings. The van der Waals surface area contributed by atoms with E-state index < -0.39 is 0 Å². The summed E-state index contributed by atoms with van der Waals surface area (Å²) in [4.78, 5) is 11.8. The summed E-state index contributed by atoms with van der Waals surface area (Å²) in [7, 11) is 1.61. The van der Waals surface area contributed by atoms with Gasteiger partial charge in [0.25, 0.3) is 5.91 Å². The van der Waals surface area contributed by atoms with Gasteiger partial charge in [-0.2, -0.15) is 0 Å². The van der Waals surface area contributed by atoms with Crippen LogP contribution in [0.15, 0.2) is 34.9 Å². The van der Waals surface area contributed by atoms with E-state index in [2.05, 4.69) is 10.5 Å². The van der Waals surface area contributed by atoms with E-state index in [-0.39, 0.29) is 17.4 Å². The zero-order chi connectivity index (χ0) is 14.4. The van der Waals surface area contributed by atoms with Crippen LogP contribution < -0.4 is 5.32 Å². The second kappa shape index (κ2) is 6.81. The number of rotatable bonds is 6. The first kappa shape index (κ1) is 14.2. The summed E-state index contributed by atoms with van der Waals surface area (Å²) in [6.07, 6.45) is 0.727. The van der Waals surface area contributed by atoms with Gasteiger partial charge in [0.15, 0.2) is 11.5 Å². The molecule has 2 aromatic rings. The lowest BCUT2D eigenvalue weighted by atomic mass is 10.1. The number of methoxy groups -OCH3 is 1. The van der Waals surface area contributed by atoms with E-state index >= 15 is 0 Å². The highest BCUT2D eigenvalue weighted by atomic mass is 19.1. The molecule has 0 aliphatic carbocycles. The van der Waals surface area contributed by atoms with Crippen LogP contribution in [0, 0.1) is 5.82 Å². The molecule has 6 heteroatoms. The molecule has 0 bridgehead atoms. The minimum absolute atomic E-state index is 0.196. The Balaban J connectivity index is 1.98. The van der Waals surface area contributed by atoms with Gasteiger partial charge in [-0.05, 0) is 30.7 Å². The van der Waals surface area contributed by atoms with Gasteiger partial charge < -0.3 is 14.6 Å². The van der Waals surface area contributed by atoms with Gasteiger partial charge in [-0.25, -0.2) is 4.39 Å². The van der Waals surface area contributed by atoms with Crippen molar-refractivity contribution in [2.24, 2.45) is 0 Å². The molecule has 2 rings (SSSR count). The van der Waals surface area contributed by atoms with Crippen molar-refractivity contribution in [1.29, 1.82) is 0 Å². The van der Waals surface area contributed by atoms with Crippen LogP contribution in [-0.4, -0.2) is 31.3 Å². The second-order valence-electron chi connectivity index (χ2n) is 4.19. The average Bonchev–Trinajstić information content (AvgIpc) is 2.94. The van der Waals surface area contributed by atoms with Crippen molar-refractivity contribution >= 4 is 5.91 Å². The molecular weight excluding hydrogens is 263 g/mol. The predicted molar refractivity (Wildman–Crippen MR) is 70.7 cm³/mol. The Bertz CT molecular complexity index is 566. The van der Waals surface area contributed by atoms with Gasteiger partial charge in [-0.1, -0.05) is 5.16 Å². The zero-order valence-corrected chi connectivity index (χ0v) is 11.1. The van der Waals surface area contributed by atoms with Crippen molar-refractivity contribution < 1.29 is 18.4 Å². The molecule has 20 heavy (non-hydrogen) atoms. The largest absolute Gasteiger partial charge is 0.385 e. The summed E-state index contributed by atoms with van der Waals surface area (Å²) in [6.45, 7) is 1.09. The van der Waals surface area contributed by atoms with E-state index in [9.17, 15) is 9.18 Å². The maximum Gasteiger partial charge on any atom is 0.273 e. The van der Waals surface area contributed by atoms with Gasteiger partial charge in [-0.3, -0.25) is 4.79 Å². The molecule has 1 amide bonds. The summed E-state index contributed by atoms with van der Waals surface area (Å²) in [5, 5.41) is 6.41. The molecule has 1 aromatic carbocycles. The number of benzene rings is 1. The summed E-state index contributed by atoms with van der Waals surface area (Å²) >= 11 is 0. The highest BCUT2D eigenvalue weighted by Gasteiger charge is 2.13. The van der Waals surface area contributed by atoms with Gasteiger partial charge in [-0.15, -0.1) is 0 Å². The van der Waals surface area contributed by atoms with E-state index in [1.54, 1.807) is 19.2 Å². The van der Waals surface area contributed by atoms with Crippen molar-refractivity contribution in [2.75, 3.05) is 20.3 Å². The summed E-state index contributed by atoms with van der Waals surface area (Å²) < 4.78 is 22.8. The number of amides is 1. The third-order valence-electron chi connectivity index (χ3n) is 2.68. The highest BCUT2D eigenvalue weighted by molar-refractivity contribution is 5.93. The molecule has 0 saturated heterocycles. The van der Waals surface area contributed by atoms with Crippen LogP contribution >= 0.6 is 0 Å². The van der Waals surface area contributed by atoms with Crippen LogP contribution in [0.2, 0.25) is 0 Å². The van der Waals surface area contributed by atoms with E-state index in [1.165, 1.54) is 18.2 Å². The zero-order valence-electron chi connectivity index (χ0n) is 11.1. The molecule has 0 saturated carbocycles. The van der Waals surface area contributed by atoms with Crippen LogP contribution in [0.3, 0.4) is 0 Å². The Morgan fingerprint density at radius 1 is 1.40 bits per heavy atom. The Morgan fingerprint density at radius 2 is 2.15 bits per heavy atom. The normalized spacial score (nSPS) is 10.5. The minimum Gasteiger partial charge on any atom is -0.385 e. The topological polar surface area (TPSA) is 64.4 Å². The lowest BCUT2D eigenvalue weighted by Crippen LogP contribution is -2.25. The van der Waals surface area contributed by atoms with Crippen LogP contribution in [0.1, 0.15) is 16.9 Å². The number of aromatic nitrogens is 1. The first-order valence-corrected chi connectivity index (χ1v) is 6.20. The highest BCUT2D eigenvalue weighted by Crippen LogP contribution is 2.20. The fourth-order valence-electron chi connectivity index (χ4n) is 1.64. The third kappa shape index (κ3) is 3.64. The molecule has 1 heterocycles. The number of carbonyl (C=O) groups excluding carboxylic acids is 1. The second-order valence-corrected chi connectivity index (χ2v) is 4.19. The fraction of sp³-hybridized carbons (Fsp3) is 0.286. The van der Waals surface area contributed by atoms with Crippen molar-refractivity contribution in [1.82, 2.24) is 10.5 Å². The van der Waals surface area contributed by atoms with Crippen LogP contribution in [-0.2, 0) is 4.74 Å². The van der Waals surface area contributed by atoms with E-state index in [4.69, 9.17) is 9.26 Å². The number of carbonyl (C=O) groups is 1. The van der Waals surface area contributed by atoms with Gasteiger partial charge >= 0.3 is 0 Å². The number of hydrogen-bond acceptors (Lipinski definition) is 4. The summed E-state index contributed by atoms with van der Waals surface area (Å²) in [5.74, 6) is -0.213. The number of ether oxygens (including phenoxy) is 1. The standard InChI is InChI=1S/C14H15FN2O3/c1-19-8-2-7-16-14(18)12-9-13(20-17-12)10-3-5-11(15)6-4-10/h3-6,9H,2,7-8H2,1H3,(H,16,18). The Hall–Kier alpha value is -2.21. The predicted octanol–water partition coefficient (Wildman–Crippen LogP) is 2.25. The van der Waals surface area contributed by atoms with E-state index in [0.717, 1.165) is 6.42 Å². The van der Waals surface area contributed by atoms with E-state index in [0.29, 0.717) is 24.5 Å². The van der Waals surface area contributed by atoms with Crippen molar-refractivity contribution in [3.05, 3.63) is 41.8 Å². The van der Waals surface area contributed by atoms with Crippen molar-refractivity contribution in [3.8, 4) is 11.3 Å². The van der Waals surface area contributed by atoms with Crippen molar-refractivity contribution in [2.45, 2.75) is 6.42 Å². The monoisotopic (exact) mass is 278 g/mol. The molecule has 5 nitrogen and oxygen atoms in total. The lowest BCUT2D eigenvalue weighted by molar-refractivity contribution is 0.0939. The number of halogens is 1. The minimum atomic E-state index is -0.329. The molecule has 0 radical (unpaired) electrons. The lowest BCUT2D eigenvalue weighted by Gasteiger charge is -2.01. The first-order chi connectivity index (χ1) is 9.70. The number of nitrogens with zero attached hydrogens (tertiary/aromatic N) is 1. The molecule has 1 N–H and O–H groups in total. The van der Waals surface area contributed by atoms with Crippen LogP contribution in [0.5, 0.6) is 0 Å². The van der Waals surface area contributed by atoms with Gasteiger partial charge in [0, 0.05) is 31.9 Å². The van der Waals surface area contributed by atoms with Gasteiger partial charge in [0.1, 0.15) is 5.82 Å². The smallest absolute Gasteiger partial charge is 0.273 e. The van der Waals surface area contributed by atoms with Crippen molar-refractivity contribution in [3.63, 3.8) is 0 Å². The number of hydrogen-bond donors (Lipinski definition) is 1.